The van der Waals surface area contributed by atoms with Crippen molar-refractivity contribution in [3.8, 4) is 0 Å². The predicted octanol–water partition coefficient (Wildman–Crippen LogP) is 2.71. The van der Waals surface area contributed by atoms with Gasteiger partial charge in [-0.15, -0.1) is 0 Å². The van der Waals surface area contributed by atoms with Crippen molar-refractivity contribution in [2.24, 2.45) is 5.92 Å². The van der Waals surface area contributed by atoms with Crippen LogP contribution in [0.15, 0.2) is 0 Å². The molecular weight excluding hydrogens is 174 g/mol. The number of hydrogen-bond acceptors (Lipinski definition) is 0. The van der Waals surface area contributed by atoms with Crippen molar-refractivity contribution in [3.63, 3.8) is 0 Å². The van der Waals surface area contributed by atoms with Gasteiger partial charge in [0, 0.05) is 6.42 Å². The largest absolute Gasteiger partial charge is 0.378 e. The van der Waals surface area contributed by atoms with Crippen LogP contribution in [0.5, 0.6) is 0 Å². The van der Waals surface area contributed by atoms with Crippen molar-refractivity contribution in [3.05, 3.63) is 6.43 Å². The van der Waals surface area contributed by atoms with Crippen LogP contribution < -0.4 is 0 Å². The molecule has 0 aromatic carbocycles. The molecule has 0 spiro atoms. The average Bonchev–Trinajstić information content (AvgIpc) is 2.40. The zero-order valence-electron chi connectivity index (χ0n) is 5.05. The fourth-order valence-electron chi connectivity index (χ4n) is 0.738. The molecule has 0 nitrogen and oxygen atoms in total. The zero-order chi connectivity index (χ0) is 8.86. The minimum Gasteiger partial charge on any atom is -0.206 e. The Morgan fingerprint density at radius 1 is 1.27 bits per heavy atom. The van der Waals surface area contributed by atoms with E-state index in [-0.39, 0.29) is 0 Å². The van der Waals surface area contributed by atoms with Crippen molar-refractivity contribution in [1.82, 2.24) is 0 Å². The lowest BCUT2D eigenvalue weighted by molar-refractivity contribution is -0.103. The highest BCUT2D eigenvalue weighted by atomic mass is 19.3. The van der Waals surface area contributed by atoms with Crippen molar-refractivity contribution in [2.75, 3.05) is 0 Å². The van der Waals surface area contributed by atoms with E-state index in [4.69, 9.17) is 0 Å². The fourth-order valence-corrected chi connectivity index (χ4v) is 0.738. The van der Waals surface area contributed by atoms with Crippen LogP contribution in [0.4, 0.5) is 26.3 Å². The lowest BCUT2D eigenvalue weighted by Gasteiger charge is -2.11. The van der Waals surface area contributed by atoms with Crippen LogP contribution in [0.1, 0.15) is 6.42 Å². The summed E-state index contributed by atoms with van der Waals surface area (Å²) in [5.41, 5.74) is 0. The second-order valence-corrected chi connectivity index (χ2v) is 2.40. The van der Waals surface area contributed by atoms with Gasteiger partial charge >= 0.3 is 12.3 Å². The molecule has 1 atom stereocenters. The van der Waals surface area contributed by atoms with E-state index in [9.17, 15) is 26.3 Å². The van der Waals surface area contributed by atoms with E-state index in [2.05, 4.69) is 0 Å². The highest BCUT2D eigenvalue weighted by molar-refractivity contribution is 5.08. The van der Waals surface area contributed by atoms with E-state index in [0.29, 0.717) is 0 Å². The van der Waals surface area contributed by atoms with E-state index in [1.54, 1.807) is 0 Å². The third-order valence-electron chi connectivity index (χ3n) is 1.52. The van der Waals surface area contributed by atoms with Gasteiger partial charge in [0.25, 0.3) is 5.92 Å². The summed E-state index contributed by atoms with van der Waals surface area (Å²) in [5, 5.41) is 0. The average molecular weight is 177 g/mol. The molecule has 0 saturated heterocycles. The molecule has 0 N–H and O–H groups in total. The second-order valence-electron chi connectivity index (χ2n) is 2.40. The topological polar surface area (TPSA) is 0 Å². The van der Waals surface area contributed by atoms with E-state index in [1.807, 2.05) is 0 Å². The Hall–Kier alpha value is -0.420. The fraction of sp³-hybridized carbons (Fsp3) is 0.800. The van der Waals surface area contributed by atoms with Crippen LogP contribution in [-0.4, -0.2) is 11.8 Å². The molecule has 0 aliphatic heterocycles. The first-order chi connectivity index (χ1) is 4.78. The summed E-state index contributed by atoms with van der Waals surface area (Å²) in [6.07, 6.45) is -4.39. The predicted molar refractivity (Wildman–Crippen MR) is 23.5 cm³/mol. The third-order valence-corrected chi connectivity index (χ3v) is 1.52. The quantitative estimate of drug-likeness (QED) is 0.569. The van der Waals surface area contributed by atoms with Crippen molar-refractivity contribution < 1.29 is 26.3 Å². The maximum atomic E-state index is 12.0. The highest BCUT2D eigenvalue weighted by Crippen LogP contribution is 2.59. The standard InChI is InChI=1S/C5H3F6/c6-3(7)5(10,11)2-1-4(2,8)9/h2H,1H2. The van der Waals surface area contributed by atoms with E-state index in [1.165, 1.54) is 0 Å². The number of alkyl halides is 4. The van der Waals surface area contributed by atoms with Gasteiger partial charge in [-0.3, -0.25) is 0 Å². The van der Waals surface area contributed by atoms with Crippen molar-refractivity contribution >= 4 is 0 Å². The van der Waals surface area contributed by atoms with Gasteiger partial charge in [-0.25, -0.2) is 8.78 Å². The summed E-state index contributed by atoms with van der Waals surface area (Å²) in [7, 11) is 0. The van der Waals surface area contributed by atoms with Crippen LogP contribution in [-0.2, 0) is 0 Å². The minimum atomic E-state index is -4.62. The smallest absolute Gasteiger partial charge is 0.206 e. The molecule has 1 fully saturated rings. The zero-order valence-corrected chi connectivity index (χ0v) is 5.05. The molecule has 0 aromatic rings. The molecule has 0 bridgehead atoms. The molecule has 1 aliphatic rings. The van der Waals surface area contributed by atoms with Crippen molar-refractivity contribution in [1.29, 1.82) is 0 Å². The molecule has 1 saturated carbocycles. The lowest BCUT2D eigenvalue weighted by Crippen LogP contribution is -2.26. The Labute approximate surface area is 58.2 Å². The molecule has 65 valence electrons. The van der Waals surface area contributed by atoms with Gasteiger partial charge < -0.3 is 0 Å². The van der Waals surface area contributed by atoms with Gasteiger partial charge in [-0.1, -0.05) is 0 Å². The van der Waals surface area contributed by atoms with Gasteiger partial charge in [0.15, 0.2) is 0 Å². The van der Waals surface area contributed by atoms with Gasteiger partial charge in [-0.05, 0) is 0 Å². The van der Waals surface area contributed by atoms with Crippen LogP contribution in [0.3, 0.4) is 0 Å². The first-order valence-electron chi connectivity index (χ1n) is 2.72. The summed E-state index contributed by atoms with van der Waals surface area (Å²) in [6.45, 7) is 0. The van der Waals surface area contributed by atoms with Gasteiger partial charge in [0.1, 0.15) is 0 Å². The number of rotatable bonds is 2. The normalized spacial score (nSPS) is 29.2. The van der Waals surface area contributed by atoms with Crippen LogP contribution in [0.2, 0.25) is 0 Å². The summed E-state index contributed by atoms with van der Waals surface area (Å²) < 4.78 is 70.1. The molecule has 1 aliphatic carbocycles. The lowest BCUT2D eigenvalue weighted by atomic mass is 10.2. The van der Waals surface area contributed by atoms with E-state index >= 15 is 0 Å². The van der Waals surface area contributed by atoms with E-state index in [0.717, 1.165) is 0 Å². The van der Waals surface area contributed by atoms with E-state index < -0.39 is 30.6 Å². The molecular formula is C5H3F6. The summed E-state index contributed by atoms with van der Waals surface area (Å²) in [5.74, 6) is -10.7. The minimum absolute atomic E-state index is 1.16. The molecule has 11 heavy (non-hydrogen) atoms. The Bertz CT molecular complexity index is 162. The monoisotopic (exact) mass is 177 g/mol. The van der Waals surface area contributed by atoms with Gasteiger partial charge in [-0.2, -0.15) is 17.6 Å². The van der Waals surface area contributed by atoms with Crippen LogP contribution >= 0.6 is 0 Å². The Morgan fingerprint density at radius 3 is 1.73 bits per heavy atom. The van der Waals surface area contributed by atoms with Gasteiger partial charge in [0.2, 0.25) is 0 Å². The molecule has 1 radical (unpaired) electrons. The Balaban J connectivity index is 2.62. The highest BCUT2D eigenvalue weighted by Gasteiger charge is 2.72. The molecule has 1 unspecified atom stereocenters. The Kier molecular flexibility index (Phi) is 1.61. The maximum Gasteiger partial charge on any atom is 0.378 e. The second kappa shape index (κ2) is 2.04. The summed E-state index contributed by atoms with van der Waals surface area (Å²) in [6, 6.07) is 0. The molecule has 0 amide bonds. The molecule has 0 aromatic heterocycles. The van der Waals surface area contributed by atoms with Crippen LogP contribution in [0.25, 0.3) is 0 Å². The molecule has 6 heteroatoms. The number of halogens is 6. The van der Waals surface area contributed by atoms with Gasteiger partial charge in [0.05, 0.1) is 5.92 Å². The van der Waals surface area contributed by atoms with Crippen LogP contribution in [0, 0.1) is 12.3 Å². The maximum absolute atomic E-state index is 12.0. The Morgan fingerprint density at radius 2 is 1.64 bits per heavy atom. The molecule has 1 rings (SSSR count). The molecule has 0 heterocycles. The first-order valence-corrected chi connectivity index (χ1v) is 2.72. The SMILES string of the molecule is F[C](F)C(F)(F)C1CC1(F)F. The number of hydrogen-bond donors (Lipinski definition) is 0. The summed E-state index contributed by atoms with van der Waals surface area (Å²) in [4.78, 5) is 0. The summed E-state index contributed by atoms with van der Waals surface area (Å²) >= 11 is 0. The third kappa shape index (κ3) is 1.30. The first kappa shape index (κ1) is 8.67. The van der Waals surface area contributed by atoms with Crippen molar-refractivity contribution in [2.45, 2.75) is 18.3 Å².